The van der Waals surface area contributed by atoms with Gasteiger partial charge in [0.25, 0.3) is 5.91 Å². The van der Waals surface area contributed by atoms with Crippen molar-refractivity contribution in [2.75, 3.05) is 22.6 Å². The number of hydrogen-bond acceptors (Lipinski definition) is 5. The number of aliphatic hydroxyl groups is 1. The minimum Gasteiger partial charge on any atom is -0.389 e. The smallest absolute Gasteiger partial charge is 0.326 e. The Kier molecular flexibility index (Phi) is 6.91. The van der Waals surface area contributed by atoms with Crippen LogP contribution < -0.4 is 15.5 Å². The van der Waals surface area contributed by atoms with Crippen LogP contribution in [-0.4, -0.2) is 39.2 Å². The van der Waals surface area contributed by atoms with E-state index in [0.717, 1.165) is 0 Å². The van der Waals surface area contributed by atoms with Gasteiger partial charge in [0, 0.05) is 24.0 Å². The highest BCUT2D eigenvalue weighted by molar-refractivity contribution is 6.06. The maximum atomic E-state index is 13.3. The first-order valence-corrected chi connectivity index (χ1v) is 11.4. The van der Waals surface area contributed by atoms with Crippen LogP contribution in [0.5, 0.6) is 0 Å². The average molecular weight is 501 g/mol. The van der Waals surface area contributed by atoms with Crippen LogP contribution >= 0.6 is 0 Å². The molecule has 3 N–H and O–H groups in total. The van der Waals surface area contributed by atoms with E-state index in [4.69, 9.17) is 5.26 Å². The lowest BCUT2D eigenvalue weighted by Crippen LogP contribution is -2.28. The number of hydrogen-bond donors (Lipinski definition) is 3. The summed E-state index contributed by atoms with van der Waals surface area (Å²) in [5, 5.41) is 24.8. The van der Waals surface area contributed by atoms with E-state index >= 15 is 0 Å². The predicted molar refractivity (Wildman–Crippen MR) is 139 cm³/mol. The van der Waals surface area contributed by atoms with Crippen molar-refractivity contribution in [3.8, 4) is 6.07 Å². The Hall–Kier alpha value is -4.75. The highest BCUT2D eigenvalue weighted by Gasteiger charge is 2.22. The van der Waals surface area contributed by atoms with Crippen molar-refractivity contribution in [1.29, 1.82) is 5.26 Å². The van der Waals surface area contributed by atoms with Gasteiger partial charge >= 0.3 is 6.03 Å². The molecule has 4 rings (SSSR count). The summed E-state index contributed by atoms with van der Waals surface area (Å²) < 4.78 is 14.9. The fraction of sp³-hybridized carbons (Fsp3) is 0.185. The fourth-order valence-corrected chi connectivity index (χ4v) is 3.76. The molecule has 0 aliphatic heterocycles. The summed E-state index contributed by atoms with van der Waals surface area (Å²) in [6, 6.07) is 18.3. The Morgan fingerprint density at radius 2 is 1.76 bits per heavy atom. The molecule has 9 nitrogen and oxygen atoms in total. The summed E-state index contributed by atoms with van der Waals surface area (Å²) in [5.74, 6) is -0.551. The van der Waals surface area contributed by atoms with Gasteiger partial charge in [-0.25, -0.2) is 14.2 Å². The van der Waals surface area contributed by atoms with Crippen LogP contribution in [0.2, 0.25) is 0 Å². The van der Waals surface area contributed by atoms with Crippen molar-refractivity contribution in [3.63, 3.8) is 0 Å². The van der Waals surface area contributed by atoms with Crippen molar-refractivity contribution >= 4 is 40.3 Å². The van der Waals surface area contributed by atoms with Crippen molar-refractivity contribution in [3.05, 3.63) is 83.7 Å². The molecule has 1 heterocycles. The Bertz CT molecular complexity index is 1500. The summed E-state index contributed by atoms with van der Waals surface area (Å²) in [6.07, 6.45) is 0. The maximum Gasteiger partial charge on any atom is 0.326 e. The third-order valence-corrected chi connectivity index (χ3v) is 5.56. The number of imidazole rings is 1. The lowest BCUT2D eigenvalue weighted by molar-refractivity contribution is 0.0632. The van der Waals surface area contributed by atoms with E-state index in [0.29, 0.717) is 33.5 Å². The minimum atomic E-state index is -1.11. The summed E-state index contributed by atoms with van der Waals surface area (Å²) in [7, 11) is 1.60. The normalized spacial score (nSPS) is 11.1. The zero-order valence-corrected chi connectivity index (χ0v) is 20.5. The topological polar surface area (TPSA) is 123 Å². The van der Waals surface area contributed by atoms with Gasteiger partial charge < -0.3 is 19.9 Å². The number of carbonyl (C=O) groups is 2. The standard InChI is InChI=1S/C27H25FN6O3/c1-27(2,37)16-34-23-13-12-21(33(3)24(35)18-6-8-19(28)9-7-18)14-22(23)31-25(34)32-26(36)30-20-10-4-17(15-29)5-11-20/h4-14,37H,16H2,1-3H3,(H2,30,31,32,36). The number of carbonyl (C=O) groups excluding carboxylic acids is 2. The second-order valence-corrected chi connectivity index (χ2v) is 9.15. The second kappa shape index (κ2) is 10.1. The van der Waals surface area contributed by atoms with Crippen LogP contribution in [0, 0.1) is 17.1 Å². The van der Waals surface area contributed by atoms with Gasteiger partial charge in [-0.1, -0.05) is 0 Å². The molecular formula is C27H25FN6O3. The monoisotopic (exact) mass is 500 g/mol. The Balaban J connectivity index is 1.63. The van der Waals surface area contributed by atoms with Gasteiger partial charge in [-0.3, -0.25) is 10.1 Å². The lowest BCUT2D eigenvalue weighted by Gasteiger charge is -2.21. The second-order valence-electron chi connectivity index (χ2n) is 9.15. The lowest BCUT2D eigenvalue weighted by atomic mass is 10.1. The van der Waals surface area contributed by atoms with Gasteiger partial charge in [-0.15, -0.1) is 0 Å². The number of benzene rings is 3. The van der Waals surface area contributed by atoms with Crippen LogP contribution in [0.1, 0.15) is 29.8 Å². The molecule has 0 bridgehead atoms. The summed E-state index contributed by atoms with van der Waals surface area (Å²) >= 11 is 0. The van der Waals surface area contributed by atoms with Crippen molar-refractivity contribution in [1.82, 2.24) is 9.55 Å². The molecule has 3 amide bonds. The number of anilines is 3. The van der Waals surface area contributed by atoms with Crippen molar-refractivity contribution in [2.24, 2.45) is 0 Å². The number of nitrogens with zero attached hydrogens (tertiary/aromatic N) is 4. The van der Waals surface area contributed by atoms with Crippen LogP contribution in [0.3, 0.4) is 0 Å². The number of urea groups is 1. The van der Waals surface area contributed by atoms with Crippen LogP contribution in [-0.2, 0) is 6.54 Å². The molecule has 0 radical (unpaired) electrons. The van der Waals surface area contributed by atoms with Crippen LogP contribution in [0.15, 0.2) is 66.7 Å². The Morgan fingerprint density at radius 3 is 2.38 bits per heavy atom. The molecule has 188 valence electrons. The molecule has 4 aromatic rings. The van der Waals surface area contributed by atoms with E-state index in [1.54, 1.807) is 67.9 Å². The number of rotatable bonds is 6. The zero-order valence-electron chi connectivity index (χ0n) is 20.5. The Labute approximate surface area is 212 Å². The molecule has 0 aliphatic rings. The van der Waals surface area contributed by atoms with E-state index in [9.17, 15) is 19.1 Å². The number of nitriles is 1. The Morgan fingerprint density at radius 1 is 1.08 bits per heavy atom. The molecule has 0 aliphatic carbocycles. The van der Waals surface area contributed by atoms with Crippen molar-refractivity contribution in [2.45, 2.75) is 26.0 Å². The first-order valence-electron chi connectivity index (χ1n) is 11.4. The quantitative estimate of drug-likeness (QED) is 0.353. The van der Waals surface area contributed by atoms with E-state index in [2.05, 4.69) is 15.6 Å². The first-order chi connectivity index (χ1) is 17.5. The van der Waals surface area contributed by atoms with Gasteiger partial charge in [0.05, 0.1) is 34.8 Å². The molecule has 10 heteroatoms. The van der Waals surface area contributed by atoms with Gasteiger partial charge in [-0.05, 0) is 80.6 Å². The van der Waals surface area contributed by atoms with Gasteiger partial charge in [-0.2, -0.15) is 5.26 Å². The molecule has 3 aromatic carbocycles. The molecule has 0 saturated carbocycles. The average Bonchev–Trinajstić information content (AvgIpc) is 3.18. The summed E-state index contributed by atoms with van der Waals surface area (Å²) in [6.45, 7) is 3.42. The molecule has 0 spiro atoms. The molecule has 1 aromatic heterocycles. The van der Waals surface area contributed by atoms with Crippen molar-refractivity contribution < 1.29 is 19.1 Å². The number of halogens is 1. The van der Waals surface area contributed by atoms with Crippen LogP contribution in [0.4, 0.5) is 26.5 Å². The van der Waals surface area contributed by atoms with E-state index < -0.39 is 17.4 Å². The van der Waals surface area contributed by atoms with Crippen LogP contribution in [0.25, 0.3) is 11.0 Å². The van der Waals surface area contributed by atoms with Gasteiger partial charge in [0.2, 0.25) is 5.95 Å². The molecule has 0 unspecified atom stereocenters. The van der Waals surface area contributed by atoms with E-state index in [1.165, 1.54) is 29.2 Å². The number of amides is 3. The van der Waals surface area contributed by atoms with Gasteiger partial charge in [0.15, 0.2) is 0 Å². The fourth-order valence-electron chi connectivity index (χ4n) is 3.76. The number of aromatic nitrogens is 2. The van der Waals surface area contributed by atoms with Gasteiger partial charge in [0.1, 0.15) is 5.82 Å². The molecule has 0 atom stereocenters. The first kappa shape index (κ1) is 25.3. The largest absolute Gasteiger partial charge is 0.389 e. The SMILES string of the molecule is CN(C(=O)c1ccc(F)cc1)c1ccc2c(c1)nc(NC(=O)Nc1ccc(C#N)cc1)n2CC(C)(C)O. The van der Waals surface area contributed by atoms with E-state index in [-0.39, 0.29) is 18.4 Å². The molecule has 37 heavy (non-hydrogen) atoms. The molecule has 0 saturated heterocycles. The number of nitrogens with one attached hydrogen (secondary N) is 2. The third kappa shape index (κ3) is 5.91. The molecular weight excluding hydrogens is 475 g/mol. The minimum absolute atomic E-state index is 0.139. The summed E-state index contributed by atoms with van der Waals surface area (Å²) in [4.78, 5) is 31.5. The highest BCUT2D eigenvalue weighted by atomic mass is 19.1. The van der Waals surface area contributed by atoms with E-state index in [1.807, 2.05) is 6.07 Å². The summed E-state index contributed by atoms with van der Waals surface area (Å²) in [5.41, 5.74) is 1.86. The molecule has 0 fully saturated rings. The maximum absolute atomic E-state index is 13.3. The predicted octanol–water partition coefficient (Wildman–Crippen LogP) is 4.74. The number of fused-ring (bicyclic) bond motifs is 1. The highest BCUT2D eigenvalue weighted by Crippen LogP contribution is 2.27. The third-order valence-electron chi connectivity index (χ3n) is 5.56. The zero-order chi connectivity index (χ0) is 26.7.